The Morgan fingerprint density at radius 1 is 1.77 bits per heavy atom. The fourth-order valence-electron chi connectivity index (χ4n) is 1.46. The summed E-state index contributed by atoms with van der Waals surface area (Å²) in [5, 5.41) is 8.74. The Labute approximate surface area is 78.5 Å². The van der Waals surface area contributed by atoms with E-state index < -0.39 is 5.97 Å². The highest BCUT2D eigenvalue weighted by Crippen LogP contribution is 2.09. The lowest BCUT2D eigenvalue weighted by molar-refractivity contribution is -0.142. The number of nitrogens with zero attached hydrogens (tertiary/aromatic N) is 1. The molecule has 0 saturated carbocycles. The van der Waals surface area contributed by atoms with Gasteiger partial charge in [-0.3, -0.25) is 9.69 Å². The van der Waals surface area contributed by atoms with Crippen molar-refractivity contribution in [3.05, 3.63) is 0 Å². The molecule has 0 bridgehead atoms. The summed E-state index contributed by atoms with van der Waals surface area (Å²) in [7, 11) is 0. The van der Waals surface area contributed by atoms with Crippen LogP contribution in [-0.2, 0) is 9.53 Å². The van der Waals surface area contributed by atoms with E-state index in [1.54, 1.807) is 6.92 Å². The maximum Gasteiger partial charge on any atom is 0.307 e. The molecule has 4 heteroatoms. The van der Waals surface area contributed by atoms with Gasteiger partial charge >= 0.3 is 5.97 Å². The maximum atomic E-state index is 10.6. The molecule has 1 saturated heterocycles. The molecule has 0 aromatic heterocycles. The van der Waals surface area contributed by atoms with Crippen molar-refractivity contribution in [2.45, 2.75) is 19.9 Å². The van der Waals surface area contributed by atoms with Crippen LogP contribution < -0.4 is 0 Å². The van der Waals surface area contributed by atoms with E-state index in [0.29, 0.717) is 19.2 Å². The van der Waals surface area contributed by atoms with Gasteiger partial charge in [-0.25, -0.2) is 0 Å². The van der Waals surface area contributed by atoms with E-state index in [9.17, 15) is 4.79 Å². The highest BCUT2D eigenvalue weighted by atomic mass is 16.5. The van der Waals surface area contributed by atoms with E-state index in [4.69, 9.17) is 9.84 Å². The van der Waals surface area contributed by atoms with E-state index in [2.05, 4.69) is 11.8 Å². The molecule has 0 aromatic rings. The molecule has 0 amide bonds. The van der Waals surface area contributed by atoms with Crippen molar-refractivity contribution in [2.24, 2.45) is 5.92 Å². The third-order valence-corrected chi connectivity index (χ3v) is 2.44. The zero-order valence-corrected chi connectivity index (χ0v) is 8.19. The SMILES string of the molecule is CC(CN1CCOCC1C)C(=O)O. The molecule has 0 aromatic carbocycles. The number of hydrogen-bond donors (Lipinski definition) is 1. The van der Waals surface area contributed by atoms with Gasteiger partial charge in [-0.1, -0.05) is 6.92 Å². The third kappa shape index (κ3) is 2.97. The molecular weight excluding hydrogens is 170 g/mol. The molecule has 1 aliphatic heterocycles. The largest absolute Gasteiger partial charge is 0.481 e. The van der Waals surface area contributed by atoms with Crippen LogP contribution in [0, 0.1) is 5.92 Å². The van der Waals surface area contributed by atoms with Crippen LogP contribution in [0.5, 0.6) is 0 Å². The van der Waals surface area contributed by atoms with E-state index in [0.717, 1.165) is 13.2 Å². The highest BCUT2D eigenvalue weighted by molar-refractivity contribution is 5.69. The molecular formula is C9H17NO3. The summed E-state index contributed by atoms with van der Waals surface area (Å²) < 4.78 is 5.26. The molecule has 1 heterocycles. The van der Waals surface area contributed by atoms with Gasteiger partial charge in [-0.2, -0.15) is 0 Å². The average Bonchev–Trinajstić information content (AvgIpc) is 2.08. The summed E-state index contributed by atoms with van der Waals surface area (Å²) in [5.74, 6) is -1.01. The van der Waals surface area contributed by atoms with Crippen LogP contribution >= 0.6 is 0 Å². The predicted octanol–water partition coefficient (Wildman–Crippen LogP) is 0.428. The Morgan fingerprint density at radius 2 is 2.46 bits per heavy atom. The zero-order valence-electron chi connectivity index (χ0n) is 8.19. The molecule has 1 N–H and O–H groups in total. The molecule has 2 atom stereocenters. The lowest BCUT2D eigenvalue weighted by atomic mass is 10.1. The highest BCUT2D eigenvalue weighted by Gasteiger charge is 2.22. The van der Waals surface area contributed by atoms with Crippen LogP contribution in [0.15, 0.2) is 0 Å². The van der Waals surface area contributed by atoms with Gasteiger partial charge in [0.25, 0.3) is 0 Å². The molecule has 76 valence electrons. The van der Waals surface area contributed by atoms with E-state index >= 15 is 0 Å². The lowest BCUT2D eigenvalue weighted by Gasteiger charge is -2.34. The summed E-state index contributed by atoms with van der Waals surface area (Å²) in [6.07, 6.45) is 0. The second-order valence-electron chi connectivity index (χ2n) is 3.66. The molecule has 1 aliphatic rings. The van der Waals surface area contributed by atoms with Gasteiger partial charge < -0.3 is 9.84 Å². The lowest BCUT2D eigenvalue weighted by Crippen LogP contribution is -2.46. The van der Waals surface area contributed by atoms with Crippen molar-refractivity contribution in [2.75, 3.05) is 26.3 Å². The molecule has 0 spiro atoms. The number of morpholine rings is 1. The summed E-state index contributed by atoms with van der Waals surface area (Å²) in [5.41, 5.74) is 0. The van der Waals surface area contributed by atoms with Gasteiger partial charge in [0, 0.05) is 19.1 Å². The normalized spacial score (nSPS) is 27.1. The molecule has 4 nitrogen and oxygen atoms in total. The van der Waals surface area contributed by atoms with Gasteiger partial charge in [-0.15, -0.1) is 0 Å². The van der Waals surface area contributed by atoms with Crippen molar-refractivity contribution in [3.63, 3.8) is 0 Å². The molecule has 2 unspecified atom stereocenters. The van der Waals surface area contributed by atoms with Gasteiger partial charge in [0.05, 0.1) is 19.1 Å². The van der Waals surface area contributed by atoms with E-state index in [1.807, 2.05) is 0 Å². The first-order chi connectivity index (χ1) is 6.11. The predicted molar refractivity (Wildman–Crippen MR) is 48.7 cm³/mol. The van der Waals surface area contributed by atoms with E-state index in [-0.39, 0.29) is 5.92 Å². The minimum Gasteiger partial charge on any atom is -0.481 e. The van der Waals surface area contributed by atoms with Crippen LogP contribution in [-0.4, -0.2) is 48.3 Å². The van der Waals surface area contributed by atoms with Crippen LogP contribution in [0.2, 0.25) is 0 Å². The van der Waals surface area contributed by atoms with Crippen LogP contribution in [0.25, 0.3) is 0 Å². The van der Waals surface area contributed by atoms with Gasteiger partial charge in [-0.05, 0) is 6.92 Å². The third-order valence-electron chi connectivity index (χ3n) is 2.44. The first-order valence-corrected chi connectivity index (χ1v) is 4.66. The molecule has 1 rings (SSSR count). The fourth-order valence-corrected chi connectivity index (χ4v) is 1.46. The Morgan fingerprint density at radius 3 is 3.00 bits per heavy atom. The van der Waals surface area contributed by atoms with Crippen LogP contribution in [0.4, 0.5) is 0 Å². The number of carboxylic acids is 1. The number of aliphatic carboxylic acids is 1. The Bertz CT molecular complexity index is 184. The Hall–Kier alpha value is -0.610. The molecule has 0 aliphatic carbocycles. The molecule has 1 fully saturated rings. The van der Waals surface area contributed by atoms with Crippen molar-refractivity contribution in [1.82, 2.24) is 4.90 Å². The smallest absolute Gasteiger partial charge is 0.307 e. The topological polar surface area (TPSA) is 49.8 Å². The first kappa shape index (κ1) is 10.5. The van der Waals surface area contributed by atoms with Crippen molar-refractivity contribution >= 4 is 5.97 Å². The van der Waals surface area contributed by atoms with Gasteiger partial charge in [0.15, 0.2) is 0 Å². The van der Waals surface area contributed by atoms with Gasteiger partial charge in [0.2, 0.25) is 0 Å². The number of carboxylic acid groups (broad SMARTS) is 1. The molecule has 13 heavy (non-hydrogen) atoms. The minimum atomic E-state index is -0.723. The number of hydrogen-bond acceptors (Lipinski definition) is 3. The Balaban J connectivity index is 2.37. The second kappa shape index (κ2) is 4.58. The molecule has 0 radical (unpaired) electrons. The van der Waals surface area contributed by atoms with Crippen LogP contribution in [0.1, 0.15) is 13.8 Å². The monoisotopic (exact) mass is 187 g/mol. The summed E-state index contributed by atoms with van der Waals surface area (Å²) in [6, 6.07) is 0.343. The summed E-state index contributed by atoms with van der Waals surface area (Å²) in [6.45, 7) is 6.71. The first-order valence-electron chi connectivity index (χ1n) is 4.66. The standard InChI is InChI=1S/C9H17NO3/c1-7(9(11)12)5-10-3-4-13-6-8(10)2/h7-8H,3-6H2,1-2H3,(H,11,12). The summed E-state index contributed by atoms with van der Waals surface area (Å²) in [4.78, 5) is 12.8. The Kier molecular flexibility index (Phi) is 3.69. The number of rotatable bonds is 3. The average molecular weight is 187 g/mol. The quantitative estimate of drug-likeness (QED) is 0.696. The number of ether oxygens (including phenoxy) is 1. The fraction of sp³-hybridized carbons (Fsp3) is 0.889. The van der Waals surface area contributed by atoms with Crippen molar-refractivity contribution < 1.29 is 14.6 Å². The van der Waals surface area contributed by atoms with Crippen molar-refractivity contribution in [1.29, 1.82) is 0 Å². The zero-order chi connectivity index (χ0) is 9.84. The van der Waals surface area contributed by atoms with Crippen LogP contribution in [0.3, 0.4) is 0 Å². The van der Waals surface area contributed by atoms with Crippen molar-refractivity contribution in [3.8, 4) is 0 Å². The second-order valence-corrected chi connectivity index (χ2v) is 3.66. The number of carbonyl (C=O) groups is 1. The summed E-state index contributed by atoms with van der Waals surface area (Å²) >= 11 is 0. The maximum absolute atomic E-state index is 10.6. The van der Waals surface area contributed by atoms with E-state index in [1.165, 1.54) is 0 Å². The minimum absolute atomic E-state index is 0.291. The van der Waals surface area contributed by atoms with Gasteiger partial charge in [0.1, 0.15) is 0 Å².